The molecule has 0 unspecified atom stereocenters. The first-order valence-corrected chi connectivity index (χ1v) is 6.58. The number of rotatable bonds is 5. The first-order valence-electron chi connectivity index (χ1n) is 6.58. The van der Waals surface area contributed by atoms with E-state index >= 15 is 0 Å². The fourth-order valence-electron chi connectivity index (χ4n) is 1.57. The molecule has 0 aliphatic rings. The Morgan fingerprint density at radius 2 is 1.80 bits per heavy atom. The molecule has 2 N–H and O–H groups in total. The zero-order chi connectivity index (χ0) is 15.0. The Hall–Kier alpha value is -2.36. The van der Waals surface area contributed by atoms with Crippen molar-refractivity contribution in [2.75, 3.05) is 10.6 Å². The van der Waals surface area contributed by atoms with Gasteiger partial charge in [-0.1, -0.05) is 31.2 Å². The normalized spacial score (nSPS) is 10.9. The van der Waals surface area contributed by atoms with Crippen LogP contribution in [-0.2, 0) is 9.59 Å². The van der Waals surface area contributed by atoms with E-state index in [4.69, 9.17) is 0 Å². The molecular weight excluding hydrogens is 252 g/mol. The Morgan fingerprint density at radius 1 is 1.15 bits per heavy atom. The Morgan fingerprint density at radius 3 is 2.40 bits per heavy atom. The van der Waals surface area contributed by atoms with Gasteiger partial charge in [0.15, 0.2) is 0 Å². The molecule has 106 valence electrons. The van der Waals surface area contributed by atoms with Crippen LogP contribution in [0.5, 0.6) is 0 Å². The number of allylic oxidation sites excluding steroid dienone is 3. The Bertz CT molecular complexity index is 545. The van der Waals surface area contributed by atoms with Crippen LogP contribution in [0.25, 0.3) is 0 Å². The molecule has 0 atom stereocenters. The van der Waals surface area contributed by atoms with Crippen LogP contribution in [0.4, 0.5) is 11.4 Å². The third-order valence-electron chi connectivity index (χ3n) is 2.74. The summed E-state index contributed by atoms with van der Waals surface area (Å²) in [6.45, 7) is 5.53. The van der Waals surface area contributed by atoms with E-state index in [2.05, 4.69) is 10.6 Å². The summed E-state index contributed by atoms with van der Waals surface area (Å²) in [5.41, 5.74) is 2.24. The van der Waals surface area contributed by atoms with Crippen molar-refractivity contribution in [2.24, 2.45) is 0 Å². The van der Waals surface area contributed by atoms with E-state index in [1.807, 2.05) is 26.0 Å². The smallest absolute Gasteiger partial charge is 0.248 e. The van der Waals surface area contributed by atoms with Crippen molar-refractivity contribution in [1.29, 1.82) is 0 Å². The molecule has 4 heteroatoms. The van der Waals surface area contributed by atoms with Crippen LogP contribution in [0.2, 0.25) is 0 Å². The number of hydrogen-bond donors (Lipinski definition) is 2. The van der Waals surface area contributed by atoms with E-state index in [1.54, 1.807) is 31.2 Å². The molecule has 0 aliphatic carbocycles. The van der Waals surface area contributed by atoms with Crippen molar-refractivity contribution in [2.45, 2.75) is 27.2 Å². The summed E-state index contributed by atoms with van der Waals surface area (Å²) < 4.78 is 0. The number of hydrogen-bond acceptors (Lipinski definition) is 2. The minimum Gasteiger partial charge on any atom is -0.326 e. The zero-order valence-corrected chi connectivity index (χ0v) is 12.1. The third kappa shape index (κ3) is 4.72. The quantitative estimate of drug-likeness (QED) is 0.637. The van der Waals surface area contributed by atoms with Crippen molar-refractivity contribution >= 4 is 23.2 Å². The average molecular weight is 272 g/mol. The van der Waals surface area contributed by atoms with Gasteiger partial charge in [-0.3, -0.25) is 9.59 Å². The molecule has 2 amide bonds. The molecule has 0 aromatic heterocycles. The van der Waals surface area contributed by atoms with Gasteiger partial charge in [0.2, 0.25) is 11.8 Å². The molecule has 0 aliphatic heterocycles. The molecule has 1 aromatic carbocycles. The molecule has 4 nitrogen and oxygen atoms in total. The highest BCUT2D eigenvalue weighted by molar-refractivity contribution is 6.01. The van der Waals surface area contributed by atoms with Crippen LogP contribution >= 0.6 is 0 Å². The van der Waals surface area contributed by atoms with E-state index in [-0.39, 0.29) is 11.8 Å². The number of nitrogens with one attached hydrogen (secondary N) is 2. The Labute approximate surface area is 119 Å². The van der Waals surface area contributed by atoms with Gasteiger partial charge in [0.1, 0.15) is 0 Å². The monoisotopic (exact) mass is 272 g/mol. The fraction of sp³-hybridized carbons (Fsp3) is 0.250. The maximum atomic E-state index is 11.7. The summed E-state index contributed by atoms with van der Waals surface area (Å²) in [6, 6.07) is 5.41. The van der Waals surface area contributed by atoms with E-state index in [1.165, 1.54) is 6.08 Å². The maximum absolute atomic E-state index is 11.7. The first kappa shape index (κ1) is 15.7. The third-order valence-corrected chi connectivity index (χ3v) is 2.74. The molecule has 0 fully saturated rings. The first-order chi connectivity index (χ1) is 9.58. The van der Waals surface area contributed by atoms with Crippen molar-refractivity contribution < 1.29 is 9.59 Å². The molecule has 0 saturated carbocycles. The summed E-state index contributed by atoms with van der Waals surface area (Å²) >= 11 is 0. The van der Waals surface area contributed by atoms with Gasteiger partial charge < -0.3 is 10.6 Å². The summed E-state index contributed by atoms with van der Waals surface area (Å²) in [4.78, 5) is 23.1. The van der Waals surface area contributed by atoms with Crippen LogP contribution in [-0.4, -0.2) is 11.8 Å². The van der Waals surface area contributed by atoms with E-state index < -0.39 is 0 Å². The van der Waals surface area contributed by atoms with Gasteiger partial charge in [0, 0.05) is 23.9 Å². The van der Waals surface area contributed by atoms with Crippen LogP contribution in [0.3, 0.4) is 0 Å². The lowest BCUT2D eigenvalue weighted by atomic mass is 10.1. The molecule has 0 saturated heterocycles. The molecule has 1 rings (SSSR count). The highest BCUT2D eigenvalue weighted by Crippen LogP contribution is 2.23. The van der Waals surface area contributed by atoms with Gasteiger partial charge in [0.05, 0.1) is 0 Å². The average Bonchev–Trinajstić information content (AvgIpc) is 2.43. The standard InChI is InChI=1S/C16H20N2O2/c1-4-6-7-11-16(20)18-14-10-8-9-13(12(14)3)17-15(19)5-2/h4,6-11H,5H2,1-3H3,(H,17,19)(H,18,20). The van der Waals surface area contributed by atoms with Crippen LogP contribution in [0, 0.1) is 6.92 Å². The number of benzene rings is 1. The molecule has 20 heavy (non-hydrogen) atoms. The van der Waals surface area contributed by atoms with Crippen molar-refractivity contribution in [3.63, 3.8) is 0 Å². The predicted molar refractivity (Wildman–Crippen MR) is 82.7 cm³/mol. The number of amides is 2. The van der Waals surface area contributed by atoms with Gasteiger partial charge >= 0.3 is 0 Å². The van der Waals surface area contributed by atoms with Crippen LogP contribution in [0.1, 0.15) is 25.8 Å². The van der Waals surface area contributed by atoms with Crippen molar-refractivity contribution in [3.05, 3.63) is 48.1 Å². The van der Waals surface area contributed by atoms with Crippen molar-refractivity contribution in [1.82, 2.24) is 0 Å². The molecule has 0 heterocycles. The lowest BCUT2D eigenvalue weighted by Crippen LogP contribution is -2.13. The minimum atomic E-state index is -0.204. The fourth-order valence-corrected chi connectivity index (χ4v) is 1.57. The summed E-state index contributed by atoms with van der Waals surface area (Å²) in [7, 11) is 0. The largest absolute Gasteiger partial charge is 0.326 e. The van der Waals surface area contributed by atoms with Gasteiger partial charge in [-0.2, -0.15) is 0 Å². The Balaban J connectivity index is 2.83. The SMILES string of the molecule is CC=CC=CC(=O)Nc1cccc(NC(=O)CC)c1C. The zero-order valence-electron chi connectivity index (χ0n) is 12.1. The molecule has 1 aromatic rings. The summed E-state index contributed by atoms with van der Waals surface area (Å²) in [5.74, 6) is -0.255. The minimum absolute atomic E-state index is 0.0513. The summed E-state index contributed by atoms with van der Waals surface area (Å²) in [6.07, 6.45) is 7.17. The lowest BCUT2D eigenvalue weighted by molar-refractivity contribution is -0.116. The molecule has 0 bridgehead atoms. The van der Waals surface area contributed by atoms with Gasteiger partial charge in [-0.25, -0.2) is 0 Å². The topological polar surface area (TPSA) is 58.2 Å². The predicted octanol–water partition coefficient (Wildman–Crippen LogP) is 3.41. The Kier molecular flexibility index (Phi) is 6.23. The number of carbonyl (C=O) groups is 2. The van der Waals surface area contributed by atoms with Crippen LogP contribution in [0.15, 0.2) is 42.5 Å². The van der Waals surface area contributed by atoms with E-state index in [9.17, 15) is 9.59 Å². The molecule has 0 radical (unpaired) electrons. The lowest BCUT2D eigenvalue weighted by Gasteiger charge is -2.12. The number of anilines is 2. The van der Waals surface area contributed by atoms with E-state index in [0.717, 1.165) is 5.56 Å². The second-order valence-electron chi connectivity index (χ2n) is 4.25. The highest BCUT2D eigenvalue weighted by Gasteiger charge is 2.07. The van der Waals surface area contributed by atoms with Gasteiger partial charge in [-0.15, -0.1) is 0 Å². The van der Waals surface area contributed by atoms with Crippen LogP contribution < -0.4 is 10.6 Å². The molecular formula is C16H20N2O2. The second kappa shape index (κ2) is 7.94. The van der Waals surface area contributed by atoms with E-state index in [0.29, 0.717) is 17.8 Å². The molecule has 0 spiro atoms. The maximum Gasteiger partial charge on any atom is 0.248 e. The second-order valence-corrected chi connectivity index (χ2v) is 4.25. The highest BCUT2D eigenvalue weighted by atomic mass is 16.2. The van der Waals surface area contributed by atoms with Crippen molar-refractivity contribution in [3.8, 4) is 0 Å². The van der Waals surface area contributed by atoms with Gasteiger partial charge in [0.25, 0.3) is 0 Å². The number of carbonyl (C=O) groups excluding carboxylic acids is 2. The summed E-state index contributed by atoms with van der Waals surface area (Å²) in [5, 5.41) is 5.60. The van der Waals surface area contributed by atoms with Gasteiger partial charge in [-0.05, 0) is 31.5 Å².